The molecule has 0 saturated carbocycles. The molecular weight excluding hydrogens is 997 g/mol. The first kappa shape index (κ1) is 75.2. The fourth-order valence-electron chi connectivity index (χ4n) is 7.92. The zero-order valence-corrected chi connectivity index (χ0v) is 51.5. The highest BCUT2D eigenvalue weighted by molar-refractivity contribution is 5.71. The van der Waals surface area contributed by atoms with E-state index in [1.54, 1.807) is 0 Å². The molecule has 0 radical (unpaired) electrons. The van der Waals surface area contributed by atoms with Crippen LogP contribution in [0.1, 0.15) is 239 Å². The zero-order valence-electron chi connectivity index (χ0n) is 51.5. The predicted molar refractivity (Wildman–Crippen MR) is 352 cm³/mol. The molecule has 6 heteroatoms. The van der Waals surface area contributed by atoms with Crippen LogP contribution in [-0.4, -0.2) is 37.2 Å². The third-order valence-corrected chi connectivity index (χ3v) is 12.6. The molecule has 0 aliphatic rings. The van der Waals surface area contributed by atoms with Crippen LogP contribution in [0.2, 0.25) is 0 Å². The molecule has 0 saturated heterocycles. The van der Waals surface area contributed by atoms with Gasteiger partial charge in [0.2, 0.25) is 0 Å². The van der Waals surface area contributed by atoms with Crippen LogP contribution in [0.5, 0.6) is 0 Å². The van der Waals surface area contributed by atoms with E-state index in [-0.39, 0.29) is 37.5 Å². The van der Waals surface area contributed by atoms with E-state index in [0.29, 0.717) is 19.3 Å². The van der Waals surface area contributed by atoms with Gasteiger partial charge in [-0.1, -0.05) is 260 Å². The van der Waals surface area contributed by atoms with Crippen LogP contribution in [0.3, 0.4) is 0 Å². The maximum Gasteiger partial charge on any atom is 0.306 e. The van der Waals surface area contributed by atoms with Crippen LogP contribution in [0.15, 0.2) is 194 Å². The summed E-state index contributed by atoms with van der Waals surface area (Å²) in [5.74, 6) is -1.03. The van der Waals surface area contributed by atoms with Crippen LogP contribution in [0.25, 0.3) is 0 Å². The lowest BCUT2D eigenvalue weighted by atomic mass is 10.1. The lowest BCUT2D eigenvalue weighted by molar-refractivity contribution is -0.167. The normalized spacial score (nSPS) is 13.5. The summed E-state index contributed by atoms with van der Waals surface area (Å²) in [6.07, 6.45) is 102. The van der Waals surface area contributed by atoms with Crippen molar-refractivity contribution in [3.63, 3.8) is 0 Å². The second kappa shape index (κ2) is 66.8. The molecule has 0 N–H and O–H groups in total. The largest absolute Gasteiger partial charge is 0.462 e. The minimum Gasteiger partial charge on any atom is -0.462 e. The first-order chi connectivity index (χ1) is 40.0. The van der Waals surface area contributed by atoms with Gasteiger partial charge < -0.3 is 14.2 Å². The zero-order chi connectivity index (χ0) is 58.5. The average Bonchev–Trinajstić information content (AvgIpc) is 3.47. The number of hydrogen-bond acceptors (Lipinski definition) is 6. The van der Waals surface area contributed by atoms with Crippen molar-refractivity contribution in [1.29, 1.82) is 0 Å². The van der Waals surface area contributed by atoms with Gasteiger partial charge in [-0.15, -0.1) is 0 Å². The van der Waals surface area contributed by atoms with E-state index in [2.05, 4.69) is 215 Å². The quantitative estimate of drug-likeness (QED) is 0.0261. The van der Waals surface area contributed by atoms with Gasteiger partial charge in [0.25, 0.3) is 0 Å². The fourth-order valence-corrected chi connectivity index (χ4v) is 7.92. The Morgan fingerprint density at radius 3 is 0.728 bits per heavy atom. The van der Waals surface area contributed by atoms with Gasteiger partial charge in [-0.25, -0.2) is 0 Å². The van der Waals surface area contributed by atoms with E-state index < -0.39 is 6.10 Å². The van der Waals surface area contributed by atoms with Gasteiger partial charge in [0.05, 0.1) is 0 Å². The first-order valence-electron chi connectivity index (χ1n) is 31.9. The Bertz CT molecular complexity index is 1950. The second-order valence-electron chi connectivity index (χ2n) is 20.2. The summed E-state index contributed by atoms with van der Waals surface area (Å²) in [5.41, 5.74) is 0. The lowest BCUT2D eigenvalue weighted by Gasteiger charge is -2.18. The third-order valence-electron chi connectivity index (χ3n) is 12.6. The molecule has 0 amide bonds. The maximum atomic E-state index is 12.9. The SMILES string of the molecule is CC/C=C\C/C=C\C/C=C\C/C=C\C/C=C\C/C=C\C/C=C\C/C=C\CCCCCCC(=O)OCC(COC(=O)CCCCCCCCC/C=C\C/C=C\C/C=C\CC)OC(=O)CCC/C=C\C/C=C\C/C=C\C/C=C\C/C=C\CC. The molecule has 1 atom stereocenters. The standard InChI is InChI=1S/C75H114O6/c1-4-7-10-13-16-19-22-25-28-31-32-33-34-35-36-37-38-39-40-41-42-45-47-50-53-56-59-62-65-68-74(77)80-71-72(81-75(78)69-66-63-60-57-54-51-48-44-30-27-24-21-18-15-12-9-6-3)70-79-73(76)67-64-61-58-55-52-49-46-43-29-26-23-20-17-14-11-8-5-2/h7-12,16-21,25-30,32-33,35-36,38-39,41-42,47-48,50-51,57,60,72H,4-6,13-15,22-24,31,34,37,40,43-46,49,52-56,58-59,61-71H2,1-3H3/b10-7-,11-8-,12-9-,19-16-,20-17-,21-18-,28-25-,29-26-,30-27-,33-32-,36-35-,39-38-,42-41-,50-47-,51-48-,60-57-. The number of esters is 3. The number of rotatable bonds is 55. The minimum absolute atomic E-state index is 0.125. The van der Waals surface area contributed by atoms with E-state index in [0.717, 1.165) is 167 Å². The Labute approximate surface area is 497 Å². The van der Waals surface area contributed by atoms with Crippen molar-refractivity contribution in [2.75, 3.05) is 13.2 Å². The van der Waals surface area contributed by atoms with E-state index in [9.17, 15) is 14.4 Å². The molecule has 450 valence electrons. The highest BCUT2D eigenvalue weighted by Crippen LogP contribution is 2.13. The van der Waals surface area contributed by atoms with Crippen LogP contribution in [0, 0.1) is 0 Å². The van der Waals surface area contributed by atoms with Crippen molar-refractivity contribution in [1.82, 2.24) is 0 Å². The van der Waals surface area contributed by atoms with Crippen LogP contribution < -0.4 is 0 Å². The van der Waals surface area contributed by atoms with Crippen molar-refractivity contribution in [2.45, 2.75) is 245 Å². The maximum absolute atomic E-state index is 12.9. The van der Waals surface area contributed by atoms with Crippen LogP contribution in [0.4, 0.5) is 0 Å². The summed E-state index contributed by atoms with van der Waals surface area (Å²) >= 11 is 0. The molecule has 0 aliphatic carbocycles. The van der Waals surface area contributed by atoms with E-state index >= 15 is 0 Å². The second-order valence-corrected chi connectivity index (χ2v) is 20.2. The summed E-state index contributed by atoms with van der Waals surface area (Å²) < 4.78 is 16.8. The van der Waals surface area contributed by atoms with E-state index in [1.165, 1.54) is 25.7 Å². The average molecular weight is 1110 g/mol. The molecule has 0 aromatic heterocycles. The summed E-state index contributed by atoms with van der Waals surface area (Å²) in [6, 6.07) is 0. The van der Waals surface area contributed by atoms with Crippen molar-refractivity contribution < 1.29 is 28.6 Å². The number of carbonyl (C=O) groups excluding carboxylic acids is 3. The van der Waals surface area contributed by atoms with Crippen LogP contribution in [-0.2, 0) is 28.6 Å². The number of carbonyl (C=O) groups is 3. The monoisotopic (exact) mass is 1110 g/mol. The van der Waals surface area contributed by atoms with Gasteiger partial charge in [-0.05, 0) is 154 Å². The summed E-state index contributed by atoms with van der Waals surface area (Å²) in [7, 11) is 0. The summed E-state index contributed by atoms with van der Waals surface area (Å²) in [5, 5.41) is 0. The lowest BCUT2D eigenvalue weighted by Crippen LogP contribution is -2.30. The van der Waals surface area contributed by atoms with Crippen LogP contribution >= 0.6 is 0 Å². The Balaban J connectivity index is 4.52. The number of hydrogen-bond donors (Lipinski definition) is 0. The molecule has 0 aromatic carbocycles. The molecule has 0 spiro atoms. The molecule has 0 rings (SSSR count). The molecule has 0 aromatic rings. The van der Waals surface area contributed by atoms with Crippen molar-refractivity contribution in [2.24, 2.45) is 0 Å². The number of allylic oxidation sites excluding steroid dienone is 32. The fraction of sp³-hybridized carbons (Fsp3) is 0.533. The molecule has 6 nitrogen and oxygen atoms in total. The van der Waals surface area contributed by atoms with Gasteiger partial charge >= 0.3 is 17.9 Å². The van der Waals surface area contributed by atoms with Crippen molar-refractivity contribution >= 4 is 17.9 Å². The molecule has 0 heterocycles. The highest BCUT2D eigenvalue weighted by Gasteiger charge is 2.19. The van der Waals surface area contributed by atoms with E-state index in [1.807, 2.05) is 0 Å². The van der Waals surface area contributed by atoms with Gasteiger partial charge in [0.15, 0.2) is 6.10 Å². The van der Waals surface area contributed by atoms with Gasteiger partial charge in [-0.3, -0.25) is 14.4 Å². The van der Waals surface area contributed by atoms with Gasteiger partial charge in [0, 0.05) is 19.3 Å². The van der Waals surface area contributed by atoms with E-state index in [4.69, 9.17) is 14.2 Å². The van der Waals surface area contributed by atoms with Gasteiger partial charge in [0.1, 0.15) is 13.2 Å². The molecule has 81 heavy (non-hydrogen) atoms. The van der Waals surface area contributed by atoms with Gasteiger partial charge in [-0.2, -0.15) is 0 Å². The van der Waals surface area contributed by atoms with Crippen molar-refractivity contribution in [3.05, 3.63) is 194 Å². The topological polar surface area (TPSA) is 78.9 Å². The molecule has 1 unspecified atom stereocenters. The smallest absolute Gasteiger partial charge is 0.306 e. The summed E-state index contributed by atoms with van der Waals surface area (Å²) in [4.78, 5) is 38.3. The highest BCUT2D eigenvalue weighted by atomic mass is 16.6. The third kappa shape index (κ3) is 64.9. The molecule has 0 bridgehead atoms. The Kier molecular flexibility index (Phi) is 62.0. The Morgan fingerprint density at radius 1 is 0.247 bits per heavy atom. The minimum atomic E-state index is -0.836. The number of ether oxygens (including phenoxy) is 3. The Hall–Kier alpha value is -5.75. The molecule has 0 fully saturated rings. The predicted octanol–water partition coefficient (Wildman–Crippen LogP) is 22.2. The molecule has 0 aliphatic heterocycles. The first-order valence-corrected chi connectivity index (χ1v) is 31.9. The summed E-state index contributed by atoms with van der Waals surface area (Å²) in [6.45, 7) is 6.21. The molecular formula is C75H114O6. The number of unbranched alkanes of at least 4 members (excludes halogenated alkanes) is 12. The van der Waals surface area contributed by atoms with Crippen molar-refractivity contribution in [3.8, 4) is 0 Å². The Morgan fingerprint density at radius 2 is 0.457 bits per heavy atom.